The number of thiophene rings is 1. The van der Waals surface area contributed by atoms with Crippen molar-refractivity contribution in [3.8, 4) is 11.5 Å². The van der Waals surface area contributed by atoms with Crippen molar-refractivity contribution in [1.29, 1.82) is 0 Å². The van der Waals surface area contributed by atoms with Crippen molar-refractivity contribution >= 4 is 38.9 Å². The van der Waals surface area contributed by atoms with Gasteiger partial charge in [-0.05, 0) is 6.07 Å². The van der Waals surface area contributed by atoms with Gasteiger partial charge >= 0.3 is 0 Å². The minimum Gasteiger partial charge on any atom is -0.493 e. The summed E-state index contributed by atoms with van der Waals surface area (Å²) in [5, 5.41) is 1.16. The molecule has 2 rings (SSSR count). The number of carbonyl (C=O) groups excluding carboxylic acids is 1. The van der Waals surface area contributed by atoms with E-state index in [1.807, 2.05) is 0 Å². The Kier molecular flexibility index (Phi) is 3.13. The third-order valence-electron chi connectivity index (χ3n) is 2.35. The summed E-state index contributed by atoms with van der Waals surface area (Å²) >= 11 is 7.47. The molecule has 2 aromatic rings. The fraction of sp³-hybridized carbons (Fsp3) is 0.182. The molecular weight excluding hydrogens is 262 g/mol. The van der Waals surface area contributed by atoms with Gasteiger partial charge in [-0.3, -0.25) is 4.79 Å². The SMILES string of the molecule is COc1cc2sc(C(N)=O)cc2c(Cl)c1OC. The molecule has 0 aliphatic carbocycles. The second kappa shape index (κ2) is 4.43. The summed E-state index contributed by atoms with van der Waals surface area (Å²) in [6, 6.07) is 3.43. The molecule has 0 aliphatic rings. The lowest BCUT2D eigenvalue weighted by atomic mass is 10.2. The quantitative estimate of drug-likeness (QED) is 0.934. The summed E-state index contributed by atoms with van der Waals surface area (Å²) in [6.07, 6.45) is 0. The van der Waals surface area contributed by atoms with Gasteiger partial charge in [-0.15, -0.1) is 11.3 Å². The number of amides is 1. The average Bonchev–Trinajstić information content (AvgIpc) is 2.73. The lowest BCUT2D eigenvalue weighted by Gasteiger charge is -2.09. The molecule has 0 radical (unpaired) electrons. The summed E-state index contributed by atoms with van der Waals surface area (Å²) < 4.78 is 11.2. The zero-order valence-corrected chi connectivity index (χ0v) is 10.8. The van der Waals surface area contributed by atoms with Crippen molar-refractivity contribution in [3.63, 3.8) is 0 Å². The van der Waals surface area contributed by atoms with Crippen LogP contribution in [-0.2, 0) is 0 Å². The van der Waals surface area contributed by atoms with Crippen LogP contribution in [0.3, 0.4) is 0 Å². The minimum atomic E-state index is -0.472. The van der Waals surface area contributed by atoms with Gasteiger partial charge in [0, 0.05) is 16.2 Å². The monoisotopic (exact) mass is 271 g/mol. The smallest absolute Gasteiger partial charge is 0.258 e. The number of hydrogen-bond donors (Lipinski definition) is 1. The number of carbonyl (C=O) groups is 1. The highest BCUT2D eigenvalue weighted by molar-refractivity contribution is 7.21. The molecule has 0 spiro atoms. The van der Waals surface area contributed by atoms with Gasteiger partial charge in [-0.1, -0.05) is 11.6 Å². The number of rotatable bonds is 3. The van der Waals surface area contributed by atoms with Crippen molar-refractivity contribution < 1.29 is 14.3 Å². The Labute approximate surface area is 107 Å². The number of ether oxygens (including phenoxy) is 2. The molecule has 1 aromatic heterocycles. The largest absolute Gasteiger partial charge is 0.493 e. The van der Waals surface area contributed by atoms with Gasteiger partial charge in [0.15, 0.2) is 11.5 Å². The topological polar surface area (TPSA) is 61.5 Å². The first kappa shape index (κ1) is 12.0. The number of fused-ring (bicyclic) bond motifs is 1. The standard InChI is InChI=1S/C11H10ClNO3S/c1-15-6-4-7-5(9(12)10(6)16-2)3-8(17-7)11(13)14/h3-4H,1-2H3,(H2,13,14). The predicted molar refractivity (Wildman–Crippen MR) is 68.5 cm³/mol. The van der Waals surface area contributed by atoms with Crippen LogP contribution >= 0.6 is 22.9 Å². The summed E-state index contributed by atoms with van der Waals surface area (Å²) in [5.41, 5.74) is 5.23. The molecule has 0 bridgehead atoms. The molecule has 2 N–H and O–H groups in total. The number of nitrogens with two attached hydrogens (primary N) is 1. The van der Waals surface area contributed by atoms with Crippen LogP contribution in [0.25, 0.3) is 10.1 Å². The summed E-state index contributed by atoms with van der Waals surface area (Å²) in [7, 11) is 3.04. The molecule has 0 saturated carbocycles. The van der Waals surface area contributed by atoms with Crippen LogP contribution in [0.2, 0.25) is 5.02 Å². The lowest BCUT2D eigenvalue weighted by molar-refractivity contribution is 0.100. The number of hydrogen-bond acceptors (Lipinski definition) is 4. The van der Waals surface area contributed by atoms with E-state index in [2.05, 4.69) is 0 Å². The Balaban J connectivity index is 2.76. The van der Waals surface area contributed by atoms with E-state index >= 15 is 0 Å². The summed E-state index contributed by atoms with van der Waals surface area (Å²) in [4.78, 5) is 11.6. The van der Waals surface area contributed by atoms with Gasteiger partial charge in [0.05, 0.1) is 24.1 Å². The Morgan fingerprint density at radius 3 is 2.59 bits per heavy atom. The van der Waals surface area contributed by atoms with Crippen LogP contribution in [-0.4, -0.2) is 20.1 Å². The molecule has 1 heterocycles. The number of halogens is 1. The van der Waals surface area contributed by atoms with Crippen molar-refractivity contribution in [1.82, 2.24) is 0 Å². The molecule has 1 amide bonds. The molecule has 17 heavy (non-hydrogen) atoms. The van der Waals surface area contributed by atoms with E-state index in [-0.39, 0.29) is 0 Å². The second-order valence-electron chi connectivity index (χ2n) is 3.31. The third-order valence-corrected chi connectivity index (χ3v) is 3.82. The molecule has 1 aromatic carbocycles. The van der Waals surface area contributed by atoms with Gasteiger partial charge in [0.1, 0.15) is 0 Å². The first-order valence-electron chi connectivity index (χ1n) is 4.72. The molecule has 6 heteroatoms. The van der Waals surface area contributed by atoms with E-state index in [0.29, 0.717) is 21.4 Å². The highest BCUT2D eigenvalue weighted by Crippen LogP contribution is 2.43. The van der Waals surface area contributed by atoms with Crippen LogP contribution in [0, 0.1) is 0 Å². The van der Waals surface area contributed by atoms with Gasteiger partial charge < -0.3 is 15.2 Å². The first-order valence-corrected chi connectivity index (χ1v) is 5.91. The fourth-order valence-corrected chi connectivity index (χ4v) is 2.90. The number of benzene rings is 1. The predicted octanol–water partition coefficient (Wildman–Crippen LogP) is 2.67. The van der Waals surface area contributed by atoms with Crippen molar-refractivity contribution in [2.24, 2.45) is 5.73 Å². The average molecular weight is 272 g/mol. The fourth-order valence-electron chi connectivity index (χ4n) is 1.56. The lowest BCUT2D eigenvalue weighted by Crippen LogP contribution is -2.07. The third kappa shape index (κ3) is 1.92. The van der Waals surface area contributed by atoms with Crippen LogP contribution in [0.4, 0.5) is 0 Å². The van der Waals surface area contributed by atoms with Crippen LogP contribution in [0.15, 0.2) is 12.1 Å². The highest BCUT2D eigenvalue weighted by Gasteiger charge is 2.17. The molecule has 0 fully saturated rings. The van der Waals surface area contributed by atoms with E-state index in [9.17, 15) is 4.79 Å². The summed E-state index contributed by atoms with van der Waals surface area (Å²) in [6.45, 7) is 0. The summed E-state index contributed by atoms with van der Waals surface area (Å²) in [5.74, 6) is 0.513. The Morgan fingerprint density at radius 1 is 1.35 bits per heavy atom. The van der Waals surface area contributed by atoms with Gasteiger partial charge in [-0.25, -0.2) is 0 Å². The van der Waals surface area contributed by atoms with E-state index in [4.69, 9.17) is 26.8 Å². The van der Waals surface area contributed by atoms with E-state index in [1.54, 1.807) is 12.1 Å². The molecular formula is C11H10ClNO3S. The van der Waals surface area contributed by atoms with Crippen LogP contribution < -0.4 is 15.2 Å². The van der Waals surface area contributed by atoms with Crippen LogP contribution in [0.1, 0.15) is 9.67 Å². The molecule has 0 unspecified atom stereocenters. The maximum absolute atomic E-state index is 11.1. The molecule has 0 saturated heterocycles. The van der Waals surface area contributed by atoms with E-state index in [1.165, 1.54) is 25.6 Å². The second-order valence-corrected chi connectivity index (χ2v) is 4.77. The first-order chi connectivity index (χ1) is 8.08. The number of primary amides is 1. The maximum Gasteiger partial charge on any atom is 0.258 e. The van der Waals surface area contributed by atoms with E-state index < -0.39 is 5.91 Å². The zero-order chi connectivity index (χ0) is 12.6. The Hall–Kier alpha value is -1.46. The molecule has 0 aliphatic heterocycles. The number of methoxy groups -OCH3 is 2. The maximum atomic E-state index is 11.1. The van der Waals surface area contributed by atoms with Gasteiger partial charge in [0.2, 0.25) is 0 Å². The van der Waals surface area contributed by atoms with Crippen molar-refractivity contribution in [2.45, 2.75) is 0 Å². The minimum absolute atomic E-state index is 0.422. The van der Waals surface area contributed by atoms with Crippen LogP contribution in [0.5, 0.6) is 11.5 Å². The zero-order valence-electron chi connectivity index (χ0n) is 9.24. The van der Waals surface area contributed by atoms with Crippen molar-refractivity contribution in [2.75, 3.05) is 14.2 Å². The van der Waals surface area contributed by atoms with Gasteiger partial charge in [-0.2, -0.15) is 0 Å². The highest BCUT2D eigenvalue weighted by atomic mass is 35.5. The molecule has 90 valence electrons. The van der Waals surface area contributed by atoms with E-state index in [0.717, 1.165) is 10.1 Å². The Morgan fingerprint density at radius 2 is 2.06 bits per heavy atom. The molecule has 4 nitrogen and oxygen atoms in total. The van der Waals surface area contributed by atoms with Crippen molar-refractivity contribution in [3.05, 3.63) is 22.0 Å². The normalized spacial score (nSPS) is 10.5. The Bertz CT molecular complexity index is 594. The van der Waals surface area contributed by atoms with Gasteiger partial charge in [0.25, 0.3) is 5.91 Å². The molecule has 0 atom stereocenters.